The molecule has 0 saturated heterocycles. The molecule has 0 bridgehead atoms. The topological polar surface area (TPSA) is 102 Å². The molecule has 4 aromatic rings. The number of nitrogens with one attached hydrogen (secondary N) is 2. The monoisotopic (exact) mass is 472 g/mol. The van der Waals surface area contributed by atoms with Gasteiger partial charge in [0.15, 0.2) is 0 Å². The molecule has 0 radical (unpaired) electrons. The van der Waals surface area contributed by atoms with Crippen LogP contribution in [-0.2, 0) is 11.3 Å². The van der Waals surface area contributed by atoms with Crippen LogP contribution in [0.4, 0.5) is 5.69 Å². The smallest absolute Gasteiger partial charge is 0.253 e. The van der Waals surface area contributed by atoms with Crippen molar-refractivity contribution in [3.05, 3.63) is 102 Å². The van der Waals surface area contributed by atoms with Crippen molar-refractivity contribution in [1.29, 1.82) is 0 Å². The van der Waals surface area contributed by atoms with Gasteiger partial charge in [0.05, 0.1) is 29.6 Å². The zero-order chi connectivity index (χ0) is 23.8. The number of aromatic nitrogens is 4. The van der Waals surface area contributed by atoms with Gasteiger partial charge < -0.3 is 10.6 Å². The van der Waals surface area contributed by atoms with Crippen LogP contribution >= 0.6 is 11.8 Å². The lowest BCUT2D eigenvalue weighted by atomic mass is 10.1. The average molecular weight is 473 g/mol. The van der Waals surface area contributed by atoms with Gasteiger partial charge in [-0.05, 0) is 40.6 Å². The van der Waals surface area contributed by atoms with Crippen LogP contribution in [0.15, 0.2) is 90.1 Å². The fourth-order valence-electron chi connectivity index (χ4n) is 3.36. The zero-order valence-electron chi connectivity index (χ0n) is 18.6. The minimum atomic E-state index is -0.258. The minimum absolute atomic E-state index is 0.103. The van der Waals surface area contributed by atoms with Crippen molar-refractivity contribution in [1.82, 2.24) is 25.5 Å². The molecule has 1 heterocycles. The number of carbonyl (C=O) groups excluding carboxylic acids is 2. The first-order chi connectivity index (χ1) is 16.6. The predicted molar refractivity (Wildman–Crippen MR) is 131 cm³/mol. The molecule has 3 aromatic carbocycles. The van der Waals surface area contributed by atoms with Gasteiger partial charge >= 0.3 is 0 Å². The molecule has 1 aromatic heterocycles. The number of benzene rings is 3. The lowest BCUT2D eigenvalue weighted by Gasteiger charge is -2.16. The van der Waals surface area contributed by atoms with E-state index in [1.165, 1.54) is 11.8 Å². The van der Waals surface area contributed by atoms with E-state index in [9.17, 15) is 9.59 Å². The molecule has 0 aliphatic heterocycles. The van der Waals surface area contributed by atoms with Crippen LogP contribution in [-0.4, -0.2) is 37.8 Å². The Bertz CT molecular complexity index is 1250. The molecule has 2 N–H and O–H groups in total. The van der Waals surface area contributed by atoms with Crippen LogP contribution in [0.1, 0.15) is 34.5 Å². The zero-order valence-corrected chi connectivity index (χ0v) is 19.4. The number of nitrogens with zero attached hydrogens (tertiary/aromatic N) is 4. The number of para-hydroxylation sites is 1. The van der Waals surface area contributed by atoms with Crippen molar-refractivity contribution in [2.45, 2.75) is 24.7 Å². The summed E-state index contributed by atoms with van der Waals surface area (Å²) in [7, 11) is 0. The number of amides is 2. The summed E-state index contributed by atoms with van der Waals surface area (Å²) in [5, 5.41) is 18.1. The molecule has 172 valence electrons. The van der Waals surface area contributed by atoms with Crippen molar-refractivity contribution in [3.8, 4) is 0 Å². The summed E-state index contributed by atoms with van der Waals surface area (Å²) in [6.45, 7) is 2.44. The van der Waals surface area contributed by atoms with Crippen LogP contribution < -0.4 is 10.6 Å². The summed E-state index contributed by atoms with van der Waals surface area (Å²) in [5.41, 5.74) is 2.92. The Morgan fingerprint density at radius 2 is 1.62 bits per heavy atom. The summed E-state index contributed by atoms with van der Waals surface area (Å²) in [6.07, 6.45) is 0. The van der Waals surface area contributed by atoms with E-state index in [-0.39, 0.29) is 23.6 Å². The SMILES string of the molecule is C[C@@H](NC(=O)c1ccccc1NC(=O)CSc1nnnn1Cc1ccccc1)c1ccccc1. The summed E-state index contributed by atoms with van der Waals surface area (Å²) in [6, 6.07) is 26.3. The molecule has 0 saturated carbocycles. The van der Waals surface area contributed by atoms with Gasteiger partial charge in [-0.25, -0.2) is 4.68 Å². The Morgan fingerprint density at radius 1 is 0.941 bits per heavy atom. The maximum absolute atomic E-state index is 12.9. The Hall–Kier alpha value is -3.98. The van der Waals surface area contributed by atoms with E-state index >= 15 is 0 Å². The summed E-state index contributed by atoms with van der Waals surface area (Å²) < 4.78 is 1.65. The van der Waals surface area contributed by atoms with E-state index < -0.39 is 0 Å². The summed E-state index contributed by atoms with van der Waals surface area (Å²) in [5.74, 6) is -0.409. The molecule has 0 spiro atoms. The van der Waals surface area contributed by atoms with E-state index in [1.54, 1.807) is 28.9 Å². The Labute approximate surface area is 201 Å². The molecule has 0 aliphatic carbocycles. The van der Waals surface area contributed by atoms with Gasteiger partial charge in [0.1, 0.15) is 0 Å². The molecular weight excluding hydrogens is 448 g/mol. The van der Waals surface area contributed by atoms with Crippen LogP contribution in [0.5, 0.6) is 0 Å². The number of carbonyl (C=O) groups is 2. The molecule has 4 rings (SSSR count). The average Bonchev–Trinajstić information content (AvgIpc) is 3.31. The first-order valence-electron chi connectivity index (χ1n) is 10.8. The number of anilines is 1. The second-order valence-corrected chi connectivity index (χ2v) is 8.54. The number of hydrogen-bond donors (Lipinski definition) is 2. The Kier molecular flexibility index (Phi) is 7.67. The van der Waals surface area contributed by atoms with Crippen molar-refractivity contribution in [3.63, 3.8) is 0 Å². The highest BCUT2D eigenvalue weighted by Crippen LogP contribution is 2.20. The van der Waals surface area contributed by atoms with Crippen molar-refractivity contribution >= 4 is 29.3 Å². The molecule has 8 nitrogen and oxygen atoms in total. The predicted octanol–water partition coefficient (Wildman–Crippen LogP) is 3.94. The van der Waals surface area contributed by atoms with E-state index in [0.29, 0.717) is 23.0 Å². The maximum Gasteiger partial charge on any atom is 0.253 e. The minimum Gasteiger partial charge on any atom is -0.345 e. The molecule has 34 heavy (non-hydrogen) atoms. The normalized spacial score (nSPS) is 11.6. The molecule has 9 heteroatoms. The molecular formula is C25H24N6O2S. The summed E-state index contributed by atoms with van der Waals surface area (Å²) in [4.78, 5) is 25.6. The lowest BCUT2D eigenvalue weighted by Crippen LogP contribution is -2.28. The van der Waals surface area contributed by atoms with Crippen LogP contribution in [0.2, 0.25) is 0 Å². The molecule has 0 fully saturated rings. The van der Waals surface area contributed by atoms with Crippen LogP contribution in [0.3, 0.4) is 0 Å². The number of hydrogen-bond acceptors (Lipinski definition) is 6. The molecule has 0 unspecified atom stereocenters. The fraction of sp³-hybridized carbons (Fsp3) is 0.160. The van der Waals surface area contributed by atoms with Crippen molar-refractivity contribution in [2.24, 2.45) is 0 Å². The van der Waals surface area contributed by atoms with E-state index in [0.717, 1.165) is 11.1 Å². The van der Waals surface area contributed by atoms with E-state index in [4.69, 9.17) is 0 Å². The molecule has 2 amide bonds. The third-order valence-corrected chi connectivity index (χ3v) is 6.06. The molecule has 0 aliphatic rings. The third kappa shape index (κ3) is 6.08. The van der Waals surface area contributed by atoms with Gasteiger partial charge in [-0.3, -0.25) is 9.59 Å². The third-order valence-electron chi connectivity index (χ3n) is 5.10. The van der Waals surface area contributed by atoms with Crippen molar-refractivity contribution < 1.29 is 9.59 Å². The first-order valence-corrected chi connectivity index (χ1v) is 11.8. The highest BCUT2D eigenvalue weighted by molar-refractivity contribution is 7.99. The van der Waals surface area contributed by atoms with Gasteiger partial charge in [0, 0.05) is 0 Å². The van der Waals surface area contributed by atoms with Gasteiger partial charge in [-0.2, -0.15) is 0 Å². The number of tetrazole rings is 1. The van der Waals surface area contributed by atoms with Gasteiger partial charge in [-0.15, -0.1) is 5.10 Å². The second-order valence-electron chi connectivity index (χ2n) is 7.59. The van der Waals surface area contributed by atoms with Crippen LogP contribution in [0.25, 0.3) is 0 Å². The second kappa shape index (κ2) is 11.2. The standard InChI is InChI=1S/C25H24N6O2S/c1-18(20-12-6-3-7-13-20)26-24(33)21-14-8-9-15-22(21)27-23(32)17-34-25-28-29-30-31(25)16-19-10-4-2-5-11-19/h2-15,18H,16-17H2,1H3,(H,26,33)(H,27,32)/t18-/m1/s1. The van der Waals surface area contributed by atoms with Gasteiger partial charge in [0.2, 0.25) is 11.1 Å². The van der Waals surface area contributed by atoms with Crippen molar-refractivity contribution in [2.75, 3.05) is 11.1 Å². The Balaban J connectivity index is 1.36. The summed E-state index contributed by atoms with van der Waals surface area (Å²) >= 11 is 1.24. The highest BCUT2D eigenvalue weighted by atomic mass is 32.2. The van der Waals surface area contributed by atoms with E-state index in [2.05, 4.69) is 26.2 Å². The Morgan fingerprint density at radius 3 is 2.38 bits per heavy atom. The maximum atomic E-state index is 12.9. The first kappa shape index (κ1) is 23.2. The molecule has 1 atom stereocenters. The van der Waals surface area contributed by atoms with Gasteiger partial charge in [-0.1, -0.05) is 84.6 Å². The lowest BCUT2D eigenvalue weighted by molar-refractivity contribution is -0.113. The fourth-order valence-corrected chi connectivity index (χ4v) is 4.04. The van der Waals surface area contributed by atoms with E-state index in [1.807, 2.05) is 67.6 Å². The number of thioether (sulfide) groups is 1. The highest BCUT2D eigenvalue weighted by Gasteiger charge is 2.17. The van der Waals surface area contributed by atoms with Gasteiger partial charge in [0.25, 0.3) is 5.91 Å². The quantitative estimate of drug-likeness (QED) is 0.358. The van der Waals surface area contributed by atoms with Crippen LogP contribution in [0, 0.1) is 0 Å². The largest absolute Gasteiger partial charge is 0.345 e. The number of rotatable bonds is 9.